The molecule has 0 unspecified atom stereocenters. The van der Waals surface area contributed by atoms with E-state index in [0.717, 1.165) is 10.9 Å². The molecule has 0 saturated heterocycles. The lowest BCUT2D eigenvalue weighted by atomic mass is 10.1. The molecule has 3 aromatic rings. The van der Waals surface area contributed by atoms with Crippen LogP contribution in [-0.2, 0) is 13.6 Å². The first-order valence-corrected chi connectivity index (χ1v) is 7.13. The fourth-order valence-corrected chi connectivity index (χ4v) is 2.46. The van der Waals surface area contributed by atoms with Gasteiger partial charge in [0, 0.05) is 41.3 Å². The summed E-state index contributed by atoms with van der Waals surface area (Å²) in [4.78, 5) is 26.8. The zero-order valence-corrected chi connectivity index (χ0v) is 12.6. The molecule has 3 rings (SSSR count). The van der Waals surface area contributed by atoms with Gasteiger partial charge in [-0.25, -0.2) is 0 Å². The summed E-state index contributed by atoms with van der Waals surface area (Å²) in [7, 11) is 1.68. The van der Waals surface area contributed by atoms with Gasteiger partial charge in [0.15, 0.2) is 0 Å². The summed E-state index contributed by atoms with van der Waals surface area (Å²) in [5, 5.41) is 4.46. The van der Waals surface area contributed by atoms with E-state index < -0.39 is 0 Å². The minimum Gasteiger partial charge on any atom is -0.376 e. The number of aromatic nitrogens is 2. The number of benzene rings is 1. The number of hydrogen-bond acceptors (Lipinski definition) is 3. The first-order valence-electron chi connectivity index (χ1n) is 6.75. The maximum Gasteiger partial charge on any atom is 0.273 e. The van der Waals surface area contributed by atoms with Crippen LogP contribution >= 0.6 is 11.6 Å². The molecule has 0 atom stereocenters. The number of anilines is 1. The lowest BCUT2D eigenvalue weighted by Gasteiger charge is -2.08. The summed E-state index contributed by atoms with van der Waals surface area (Å²) in [6.07, 6.45) is 1.68. The molecule has 0 amide bonds. The number of nitrogens with zero attached hydrogens (tertiary/aromatic N) is 1. The predicted octanol–water partition coefficient (Wildman–Crippen LogP) is 2.49. The molecule has 0 spiro atoms. The highest BCUT2D eigenvalue weighted by atomic mass is 35.5. The molecule has 112 valence electrons. The lowest BCUT2D eigenvalue weighted by molar-refractivity contribution is 0.858. The number of fused-ring (bicyclic) bond motifs is 1. The molecule has 0 aliphatic rings. The Balaban J connectivity index is 1.93. The van der Waals surface area contributed by atoms with Gasteiger partial charge in [0.1, 0.15) is 5.69 Å². The second-order valence-corrected chi connectivity index (χ2v) is 5.48. The van der Waals surface area contributed by atoms with Crippen molar-refractivity contribution in [3.63, 3.8) is 0 Å². The molecule has 2 N–H and O–H groups in total. The van der Waals surface area contributed by atoms with Crippen LogP contribution in [0.5, 0.6) is 0 Å². The van der Waals surface area contributed by atoms with E-state index >= 15 is 0 Å². The molecule has 0 saturated carbocycles. The van der Waals surface area contributed by atoms with Crippen LogP contribution in [0.25, 0.3) is 10.9 Å². The van der Waals surface area contributed by atoms with Crippen LogP contribution in [0.3, 0.4) is 0 Å². The van der Waals surface area contributed by atoms with Crippen LogP contribution in [-0.4, -0.2) is 9.55 Å². The van der Waals surface area contributed by atoms with Gasteiger partial charge in [-0.15, -0.1) is 0 Å². The third-order valence-corrected chi connectivity index (χ3v) is 3.71. The number of aromatic amines is 1. The molecule has 0 aliphatic heterocycles. The van der Waals surface area contributed by atoms with Gasteiger partial charge >= 0.3 is 0 Å². The van der Waals surface area contributed by atoms with Gasteiger partial charge in [0.2, 0.25) is 0 Å². The molecule has 6 heteroatoms. The predicted molar refractivity (Wildman–Crippen MR) is 88.6 cm³/mol. The van der Waals surface area contributed by atoms with Crippen molar-refractivity contribution < 1.29 is 0 Å². The number of hydrogen-bond donors (Lipinski definition) is 2. The summed E-state index contributed by atoms with van der Waals surface area (Å²) < 4.78 is 1.48. The molecule has 0 bridgehead atoms. The van der Waals surface area contributed by atoms with E-state index in [4.69, 9.17) is 11.6 Å². The highest BCUT2D eigenvalue weighted by molar-refractivity contribution is 6.31. The molecular formula is C16H14ClN3O2. The second-order valence-electron chi connectivity index (χ2n) is 5.05. The topological polar surface area (TPSA) is 66.9 Å². The fraction of sp³-hybridized carbons (Fsp3) is 0.125. The third-order valence-electron chi connectivity index (χ3n) is 3.48. The number of halogens is 1. The van der Waals surface area contributed by atoms with Crippen molar-refractivity contribution in [2.45, 2.75) is 6.54 Å². The van der Waals surface area contributed by atoms with E-state index in [2.05, 4.69) is 10.3 Å². The van der Waals surface area contributed by atoms with E-state index in [1.807, 2.05) is 0 Å². The summed E-state index contributed by atoms with van der Waals surface area (Å²) in [6.45, 7) is 0.261. The Morgan fingerprint density at radius 3 is 2.86 bits per heavy atom. The van der Waals surface area contributed by atoms with Crippen molar-refractivity contribution in [3.8, 4) is 0 Å². The SMILES string of the molecule is Cn1cccc(NCc2cc3cc(Cl)ccc3[nH]c2=O)c1=O. The third kappa shape index (κ3) is 2.76. The van der Waals surface area contributed by atoms with Gasteiger partial charge in [-0.05, 0) is 36.4 Å². The second kappa shape index (κ2) is 5.69. The number of rotatable bonds is 3. The quantitative estimate of drug-likeness (QED) is 0.780. The smallest absolute Gasteiger partial charge is 0.273 e. The van der Waals surface area contributed by atoms with Gasteiger partial charge < -0.3 is 14.9 Å². The first-order chi connectivity index (χ1) is 10.5. The molecule has 2 aromatic heterocycles. The molecule has 0 radical (unpaired) electrons. The van der Waals surface area contributed by atoms with Crippen LogP contribution < -0.4 is 16.4 Å². The van der Waals surface area contributed by atoms with Crippen LogP contribution in [0.15, 0.2) is 52.2 Å². The minimum atomic E-state index is -0.185. The number of H-pyrrole nitrogens is 1. The number of pyridine rings is 2. The maximum atomic E-state index is 12.1. The highest BCUT2D eigenvalue weighted by Gasteiger charge is 2.05. The van der Waals surface area contributed by atoms with Crippen molar-refractivity contribution >= 4 is 28.2 Å². The molecular weight excluding hydrogens is 302 g/mol. The van der Waals surface area contributed by atoms with Gasteiger partial charge in [0.25, 0.3) is 11.1 Å². The van der Waals surface area contributed by atoms with Crippen molar-refractivity contribution in [1.29, 1.82) is 0 Å². The molecule has 22 heavy (non-hydrogen) atoms. The normalized spacial score (nSPS) is 10.8. The van der Waals surface area contributed by atoms with E-state index in [-0.39, 0.29) is 17.7 Å². The van der Waals surface area contributed by atoms with Crippen LogP contribution in [0.1, 0.15) is 5.56 Å². The van der Waals surface area contributed by atoms with E-state index in [9.17, 15) is 9.59 Å². The zero-order chi connectivity index (χ0) is 15.7. The lowest BCUT2D eigenvalue weighted by Crippen LogP contribution is -2.22. The van der Waals surface area contributed by atoms with Crippen molar-refractivity contribution in [3.05, 3.63) is 73.9 Å². The van der Waals surface area contributed by atoms with E-state index in [0.29, 0.717) is 16.3 Å². The summed E-state index contributed by atoms with van der Waals surface area (Å²) in [5.41, 5.74) is 1.41. The Morgan fingerprint density at radius 2 is 2.05 bits per heavy atom. The van der Waals surface area contributed by atoms with E-state index in [1.54, 1.807) is 49.6 Å². The Bertz CT molecular complexity index is 959. The summed E-state index contributed by atoms with van der Waals surface area (Å²) in [6, 6.07) is 10.5. The van der Waals surface area contributed by atoms with Gasteiger partial charge in [-0.3, -0.25) is 9.59 Å². The highest BCUT2D eigenvalue weighted by Crippen LogP contribution is 2.17. The zero-order valence-electron chi connectivity index (χ0n) is 11.9. The van der Waals surface area contributed by atoms with Crippen LogP contribution in [0.2, 0.25) is 5.02 Å². The maximum absolute atomic E-state index is 12.1. The minimum absolute atomic E-state index is 0.136. The molecule has 0 fully saturated rings. The molecule has 0 aliphatic carbocycles. The van der Waals surface area contributed by atoms with Gasteiger partial charge in [-0.1, -0.05) is 11.6 Å². The Morgan fingerprint density at radius 1 is 1.23 bits per heavy atom. The Hall–Kier alpha value is -2.53. The summed E-state index contributed by atoms with van der Waals surface area (Å²) >= 11 is 5.97. The molecule has 1 aromatic carbocycles. The Labute approximate surface area is 131 Å². The van der Waals surface area contributed by atoms with Gasteiger partial charge in [-0.2, -0.15) is 0 Å². The summed E-state index contributed by atoms with van der Waals surface area (Å²) in [5.74, 6) is 0. The largest absolute Gasteiger partial charge is 0.376 e. The number of nitrogens with one attached hydrogen (secondary N) is 2. The van der Waals surface area contributed by atoms with Crippen molar-refractivity contribution in [1.82, 2.24) is 9.55 Å². The van der Waals surface area contributed by atoms with Crippen molar-refractivity contribution in [2.75, 3.05) is 5.32 Å². The average Bonchev–Trinajstić information content (AvgIpc) is 2.49. The molecule has 2 heterocycles. The Kier molecular flexibility index (Phi) is 3.73. The van der Waals surface area contributed by atoms with Crippen molar-refractivity contribution in [2.24, 2.45) is 7.05 Å². The fourth-order valence-electron chi connectivity index (χ4n) is 2.28. The molecule has 5 nitrogen and oxygen atoms in total. The van der Waals surface area contributed by atoms with E-state index in [1.165, 1.54) is 4.57 Å². The van der Waals surface area contributed by atoms with Crippen LogP contribution in [0, 0.1) is 0 Å². The monoisotopic (exact) mass is 315 g/mol. The standard InChI is InChI=1S/C16H14ClN3O2/c1-20-6-2-3-14(16(20)22)18-9-11-7-10-8-12(17)4-5-13(10)19-15(11)21/h2-8,18H,9H2,1H3,(H,19,21). The average molecular weight is 316 g/mol. The first kappa shape index (κ1) is 14.4. The van der Waals surface area contributed by atoms with Crippen LogP contribution in [0.4, 0.5) is 5.69 Å². The van der Waals surface area contributed by atoms with Gasteiger partial charge in [0.05, 0.1) is 0 Å². The number of aryl methyl sites for hydroxylation is 1.